The number of amides is 5. The smallest absolute Gasteiger partial charge is 0.334 e. The zero-order valence-corrected chi connectivity index (χ0v) is 12.5. The van der Waals surface area contributed by atoms with Crippen LogP contribution in [0.2, 0.25) is 0 Å². The molecule has 1 aliphatic heterocycles. The summed E-state index contributed by atoms with van der Waals surface area (Å²) < 4.78 is 0. The van der Waals surface area contributed by atoms with Crippen LogP contribution in [0.25, 0.3) is 0 Å². The highest BCUT2D eigenvalue weighted by Crippen LogP contribution is 2.27. The molecule has 7 nitrogen and oxygen atoms in total. The predicted octanol–water partition coefficient (Wildman–Crippen LogP) is 0.779. The Morgan fingerprint density at radius 2 is 1.55 bits per heavy atom. The van der Waals surface area contributed by atoms with Crippen LogP contribution in [0, 0.1) is 0 Å². The number of urea groups is 1. The molecule has 0 unspecified atom stereocenters. The molecule has 1 heterocycles. The highest BCUT2D eigenvalue weighted by Gasteiger charge is 2.48. The van der Waals surface area contributed by atoms with Gasteiger partial charge in [-0.3, -0.25) is 19.3 Å². The minimum atomic E-state index is -0.876. The van der Waals surface area contributed by atoms with Crippen molar-refractivity contribution in [2.24, 2.45) is 0 Å². The van der Waals surface area contributed by atoms with Crippen molar-refractivity contribution in [2.45, 2.75) is 63.5 Å². The number of imide groups is 2. The van der Waals surface area contributed by atoms with Gasteiger partial charge >= 0.3 is 17.8 Å². The van der Waals surface area contributed by atoms with E-state index in [9.17, 15) is 19.2 Å². The van der Waals surface area contributed by atoms with Crippen LogP contribution in [0.15, 0.2) is 0 Å². The Balaban J connectivity index is 1.63. The van der Waals surface area contributed by atoms with Crippen LogP contribution in [0.1, 0.15) is 51.4 Å². The summed E-state index contributed by atoms with van der Waals surface area (Å²) in [5.41, 5.74) is 0. The van der Waals surface area contributed by atoms with Crippen LogP contribution in [0.4, 0.5) is 4.79 Å². The normalized spacial score (nSPS) is 23.9. The molecular weight excluding hydrogens is 286 g/mol. The molecule has 1 N–H and O–H groups in total. The van der Waals surface area contributed by atoms with Gasteiger partial charge in [0, 0.05) is 12.1 Å². The quantitative estimate of drug-likeness (QED) is 0.614. The summed E-state index contributed by atoms with van der Waals surface area (Å²) in [6.07, 6.45) is 7.43. The van der Waals surface area contributed by atoms with Crippen molar-refractivity contribution in [3.8, 4) is 0 Å². The Morgan fingerprint density at radius 3 is 2.18 bits per heavy atom. The van der Waals surface area contributed by atoms with Crippen LogP contribution in [0.3, 0.4) is 0 Å². The van der Waals surface area contributed by atoms with Gasteiger partial charge in [-0.25, -0.2) is 9.69 Å². The van der Waals surface area contributed by atoms with E-state index in [4.69, 9.17) is 0 Å². The third-order valence-electron chi connectivity index (χ3n) is 4.80. The minimum absolute atomic E-state index is 0.127. The van der Waals surface area contributed by atoms with Gasteiger partial charge in [-0.2, -0.15) is 0 Å². The molecule has 0 aromatic rings. The van der Waals surface area contributed by atoms with Crippen LogP contribution in [-0.2, 0) is 14.4 Å². The topological polar surface area (TPSA) is 86.8 Å². The van der Waals surface area contributed by atoms with Crippen LogP contribution in [0.5, 0.6) is 0 Å². The maximum Gasteiger partial charge on any atom is 0.334 e. The van der Waals surface area contributed by atoms with Gasteiger partial charge in [-0.15, -0.1) is 0 Å². The monoisotopic (exact) mass is 307 g/mol. The number of nitrogens with one attached hydrogen (secondary N) is 1. The molecule has 120 valence electrons. The lowest BCUT2D eigenvalue weighted by Gasteiger charge is -2.21. The second-order valence-corrected chi connectivity index (χ2v) is 6.34. The number of rotatable bonds is 4. The first-order chi connectivity index (χ1) is 10.6. The fourth-order valence-electron chi connectivity index (χ4n) is 3.63. The van der Waals surface area contributed by atoms with E-state index in [0.717, 1.165) is 61.2 Å². The SMILES string of the molecule is O=C(CN1C(=O)C(=O)N(C2CCCC2)C1=O)NC1CCCC1. The number of carbonyl (C=O) groups is 4. The fraction of sp³-hybridized carbons (Fsp3) is 0.733. The molecule has 0 aromatic heterocycles. The summed E-state index contributed by atoms with van der Waals surface area (Å²) in [7, 11) is 0. The third kappa shape index (κ3) is 2.71. The Morgan fingerprint density at radius 1 is 0.955 bits per heavy atom. The largest absolute Gasteiger partial charge is 0.352 e. The van der Waals surface area contributed by atoms with E-state index in [0.29, 0.717) is 0 Å². The molecule has 7 heteroatoms. The zero-order chi connectivity index (χ0) is 15.7. The predicted molar refractivity (Wildman–Crippen MR) is 76.6 cm³/mol. The van der Waals surface area contributed by atoms with Crippen LogP contribution >= 0.6 is 0 Å². The first kappa shape index (κ1) is 15.0. The van der Waals surface area contributed by atoms with Crippen molar-refractivity contribution in [1.29, 1.82) is 0 Å². The van der Waals surface area contributed by atoms with E-state index >= 15 is 0 Å². The Bertz CT molecular complexity index is 507. The zero-order valence-electron chi connectivity index (χ0n) is 12.5. The Hall–Kier alpha value is -1.92. The molecular formula is C15H21N3O4. The third-order valence-corrected chi connectivity index (χ3v) is 4.80. The number of hydrogen-bond donors (Lipinski definition) is 1. The lowest BCUT2D eigenvalue weighted by Crippen LogP contribution is -2.45. The molecule has 5 amide bonds. The second-order valence-electron chi connectivity index (χ2n) is 6.34. The lowest BCUT2D eigenvalue weighted by atomic mass is 10.2. The van der Waals surface area contributed by atoms with Gasteiger partial charge in [-0.05, 0) is 25.7 Å². The first-order valence-electron chi connectivity index (χ1n) is 8.06. The van der Waals surface area contributed by atoms with E-state index in [1.807, 2.05) is 0 Å². The van der Waals surface area contributed by atoms with Crippen molar-refractivity contribution in [3.63, 3.8) is 0 Å². The van der Waals surface area contributed by atoms with E-state index in [2.05, 4.69) is 5.32 Å². The van der Waals surface area contributed by atoms with Crippen molar-refractivity contribution < 1.29 is 19.2 Å². The summed E-state index contributed by atoms with van der Waals surface area (Å²) in [6, 6.07) is -0.697. The molecule has 1 saturated heterocycles. The molecule has 2 aliphatic carbocycles. The highest BCUT2D eigenvalue weighted by atomic mass is 16.2. The standard InChI is InChI=1S/C15H21N3O4/c19-12(16-10-5-1-2-6-10)9-17-13(20)14(21)18(15(17)22)11-7-3-4-8-11/h10-11H,1-9H2,(H,16,19). The maximum absolute atomic E-state index is 12.3. The number of hydrogen-bond acceptors (Lipinski definition) is 4. The van der Waals surface area contributed by atoms with Gasteiger partial charge in [0.2, 0.25) is 5.91 Å². The molecule has 0 atom stereocenters. The summed E-state index contributed by atoms with van der Waals surface area (Å²) in [6.45, 7) is -0.358. The highest BCUT2D eigenvalue weighted by molar-refractivity contribution is 6.45. The Labute approximate surface area is 129 Å². The van der Waals surface area contributed by atoms with Gasteiger partial charge in [0.15, 0.2) is 0 Å². The van der Waals surface area contributed by atoms with Crippen molar-refractivity contribution >= 4 is 23.8 Å². The average molecular weight is 307 g/mol. The Kier molecular flexibility index (Phi) is 4.13. The van der Waals surface area contributed by atoms with Gasteiger partial charge in [0.25, 0.3) is 0 Å². The molecule has 22 heavy (non-hydrogen) atoms. The van der Waals surface area contributed by atoms with Crippen LogP contribution in [-0.4, -0.2) is 52.2 Å². The minimum Gasteiger partial charge on any atom is -0.352 e. The van der Waals surface area contributed by atoms with E-state index in [-0.39, 0.29) is 24.5 Å². The van der Waals surface area contributed by atoms with Crippen molar-refractivity contribution in [2.75, 3.05) is 6.54 Å². The summed E-state index contributed by atoms with van der Waals surface area (Å²) in [4.78, 5) is 50.2. The molecule has 3 fully saturated rings. The van der Waals surface area contributed by atoms with Crippen molar-refractivity contribution in [1.82, 2.24) is 15.1 Å². The van der Waals surface area contributed by atoms with E-state index < -0.39 is 17.8 Å². The fourth-order valence-corrected chi connectivity index (χ4v) is 3.63. The number of carbonyl (C=O) groups excluding carboxylic acids is 4. The van der Waals surface area contributed by atoms with Gasteiger partial charge in [0.05, 0.1) is 0 Å². The van der Waals surface area contributed by atoms with E-state index in [1.54, 1.807) is 0 Å². The first-order valence-corrected chi connectivity index (χ1v) is 8.06. The second kappa shape index (κ2) is 6.06. The summed E-state index contributed by atoms with van der Waals surface area (Å²) in [5, 5.41) is 2.83. The lowest BCUT2D eigenvalue weighted by molar-refractivity contribution is -0.144. The average Bonchev–Trinajstić information content (AvgIpc) is 3.20. The van der Waals surface area contributed by atoms with Gasteiger partial charge < -0.3 is 5.32 Å². The van der Waals surface area contributed by atoms with Gasteiger partial charge in [-0.1, -0.05) is 25.7 Å². The molecule has 0 spiro atoms. The molecule has 0 radical (unpaired) electrons. The summed E-state index contributed by atoms with van der Waals surface area (Å²) in [5.74, 6) is -2.03. The molecule has 0 bridgehead atoms. The molecule has 3 rings (SSSR count). The molecule has 0 aromatic carbocycles. The molecule has 3 aliphatic rings. The molecule has 2 saturated carbocycles. The maximum atomic E-state index is 12.3. The number of nitrogens with zero attached hydrogens (tertiary/aromatic N) is 2. The van der Waals surface area contributed by atoms with Gasteiger partial charge in [0.1, 0.15) is 6.54 Å². The van der Waals surface area contributed by atoms with E-state index in [1.165, 1.54) is 0 Å². The van der Waals surface area contributed by atoms with Crippen molar-refractivity contribution in [3.05, 3.63) is 0 Å². The van der Waals surface area contributed by atoms with Crippen LogP contribution < -0.4 is 5.32 Å². The summed E-state index contributed by atoms with van der Waals surface area (Å²) >= 11 is 0.